The van der Waals surface area contributed by atoms with Crippen molar-refractivity contribution in [1.29, 1.82) is 0 Å². The molecule has 0 saturated carbocycles. The first-order chi connectivity index (χ1) is 12.1. The molecule has 0 spiro atoms. The van der Waals surface area contributed by atoms with E-state index in [9.17, 15) is 9.18 Å². The third-order valence-electron chi connectivity index (χ3n) is 4.25. The Bertz CT molecular complexity index is 1040. The van der Waals surface area contributed by atoms with Crippen LogP contribution >= 0.6 is 11.6 Å². The number of aliphatic imine (C=N–C) groups is 1. The SMILES string of the molecule is Cc1nc(C=O)c2n1-c1ccc(Cl)cc1C(c1ccccc1F)=NC2. The van der Waals surface area contributed by atoms with Crippen LogP contribution in [0.3, 0.4) is 0 Å². The van der Waals surface area contributed by atoms with Crippen molar-refractivity contribution in [2.24, 2.45) is 4.99 Å². The van der Waals surface area contributed by atoms with E-state index in [4.69, 9.17) is 11.6 Å². The quantitative estimate of drug-likeness (QED) is 0.650. The lowest BCUT2D eigenvalue weighted by atomic mass is 10.00. The molecule has 0 fully saturated rings. The zero-order valence-corrected chi connectivity index (χ0v) is 14.1. The lowest BCUT2D eigenvalue weighted by Crippen LogP contribution is -2.09. The zero-order valence-electron chi connectivity index (χ0n) is 13.3. The number of aromatic nitrogens is 2. The van der Waals surface area contributed by atoms with Crippen molar-refractivity contribution in [3.63, 3.8) is 0 Å². The minimum Gasteiger partial charge on any atom is -0.298 e. The molecule has 124 valence electrons. The van der Waals surface area contributed by atoms with E-state index >= 15 is 0 Å². The highest BCUT2D eigenvalue weighted by Crippen LogP contribution is 2.30. The predicted octanol–water partition coefficient (Wildman–Crippen LogP) is 4.14. The zero-order chi connectivity index (χ0) is 17.6. The van der Waals surface area contributed by atoms with Crippen LogP contribution in [0.15, 0.2) is 47.5 Å². The lowest BCUT2D eigenvalue weighted by Gasteiger charge is -2.14. The molecule has 0 unspecified atom stereocenters. The highest BCUT2D eigenvalue weighted by molar-refractivity contribution is 6.31. The van der Waals surface area contributed by atoms with Gasteiger partial charge in [-0.25, -0.2) is 9.37 Å². The molecule has 0 saturated heterocycles. The Morgan fingerprint density at radius 3 is 2.76 bits per heavy atom. The molecule has 2 aromatic carbocycles. The van der Waals surface area contributed by atoms with Gasteiger partial charge >= 0.3 is 0 Å². The Balaban J connectivity index is 2.05. The summed E-state index contributed by atoms with van der Waals surface area (Å²) in [7, 11) is 0. The van der Waals surface area contributed by atoms with E-state index in [0.717, 1.165) is 12.0 Å². The summed E-state index contributed by atoms with van der Waals surface area (Å²) in [6.45, 7) is 2.05. The van der Waals surface area contributed by atoms with Crippen LogP contribution in [0.4, 0.5) is 4.39 Å². The van der Waals surface area contributed by atoms with Crippen LogP contribution in [0.2, 0.25) is 5.02 Å². The normalized spacial score (nSPS) is 12.8. The van der Waals surface area contributed by atoms with Gasteiger partial charge in [-0.2, -0.15) is 0 Å². The van der Waals surface area contributed by atoms with Crippen LogP contribution in [-0.4, -0.2) is 21.5 Å². The third kappa shape index (κ3) is 2.48. The number of imidazole rings is 1. The van der Waals surface area contributed by atoms with E-state index in [0.29, 0.717) is 39.1 Å². The Hall–Kier alpha value is -2.79. The van der Waals surface area contributed by atoms with Gasteiger partial charge in [-0.1, -0.05) is 23.7 Å². The molecule has 0 bridgehead atoms. The van der Waals surface area contributed by atoms with Gasteiger partial charge in [0.2, 0.25) is 0 Å². The van der Waals surface area contributed by atoms with Crippen LogP contribution in [0.1, 0.15) is 33.1 Å². The fraction of sp³-hybridized carbons (Fsp3) is 0.105. The number of benzene rings is 2. The highest BCUT2D eigenvalue weighted by atomic mass is 35.5. The van der Waals surface area contributed by atoms with Crippen LogP contribution in [0.5, 0.6) is 0 Å². The number of halogens is 2. The van der Waals surface area contributed by atoms with Gasteiger partial charge in [-0.3, -0.25) is 14.4 Å². The molecular weight excluding hydrogens is 341 g/mol. The highest BCUT2D eigenvalue weighted by Gasteiger charge is 2.24. The van der Waals surface area contributed by atoms with Crippen molar-refractivity contribution < 1.29 is 9.18 Å². The van der Waals surface area contributed by atoms with Gasteiger partial charge in [0.15, 0.2) is 6.29 Å². The number of rotatable bonds is 2. The second-order valence-electron chi connectivity index (χ2n) is 5.75. The molecule has 0 radical (unpaired) electrons. The van der Waals surface area contributed by atoms with Crippen molar-refractivity contribution in [2.75, 3.05) is 0 Å². The first-order valence-electron chi connectivity index (χ1n) is 7.73. The van der Waals surface area contributed by atoms with Crippen LogP contribution in [-0.2, 0) is 6.54 Å². The Morgan fingerprint density at radius 1 is 1.20 bits per heavy atom. The summed E-state index contributed by atoms with van der Waals surface area (Å²) >= 11 is 6.19. The van der Waals surface area contributed by atoms with Crippen molar-refractivity contribution >= 4 is 23.6 Å². The first-order valence-corrected chi connectivity index (χ1v) is 8.11. The van der Waals surface area contributed by atoms with Crippen molar-refractivity contribution in [3.05, 3.63) is 81.6 Å². The molecular formula is C19H13ClFN3O. The summed E-state index contributed by atoms with van der Waals surface area (Å²) in [5.74, 6) is 0.315. The summed E-state index contributed by atoms with van der Waals surface area (Å²) in [6.07, 6.45) is 0.720. The van der Waals surface area contributed by atoms with Crippen LogP contribution < -0.4 is 0 Å². The predicted molar refractivity (Wildman–Crippen MR) is 94.4 cm³/mol. The second-order valence-corrected chi connectivity index (χ2v) is 6.19. The minimum atomic E-state index is -0.357. The van der Waals surface area contributed by atoms with Gasteiger partial charge in [0.25, 0.3) is 0 Å². The number of carbonyl (C=O) groups excluding carboxylic acids is 1. The van der Waals surface area contributed by atoms with Crippen molar-refractivity contribution in [1.82, 2.24) is 9.55 Å². The van der Waals surface area contributed by atoms with E-state index in [1.54, 1.807) is 30.3 Å². The fourth-order valence-electron chi connectivity index (χ4n) is 3.18. The van der Waals surface area contributed by atoms with Gasteiger partial charge in [0, 0.05) is 16.1 Å². The largest absolute Gasteiger partial charge is 0.298 e. The van der Waals surface area contributed by atoms with Crippen molar-refractivity contribution in [3.8, 4) is 5.69 Å². The van der Waals surface area contributed by atoms with Gasteiger partial charge < -0.3 is 0 Å². The topological polar surface area (TPSA) is 47.2 Å². The molecule has 4 rings (SSSR count). The number of carbonyl (C=O) groups is 1. The lowest BCUT2D eigenvalue weighted by molar-refractivity contribution is 0.111. The molecule has 0 atom stereocenters. The van der Waals surface area contributed by atoms with E-state index in [1.165, 1.54) is 6.07 Å². The molecule has 1 aliphatic rings. The number of aldehydes is 1. The summed E-state index contributed by atoms with van der Waals surface area (Å²) in [5, 5.41) is 0.527. The molecule has 4 nitrogen and oxygen atoms in total. The maximum absolute atomic E-state index is 14.4. The number of nitrogens with zero attached hydrogens (tertiary/aromatic N) is 3. The average Bonchev–Trinajstić information content (AvgIpc) is 2.82. The minimum absolute atomic E-state index is 0.227. The number of hydrogen-bond acceptors (Lipinski definition) is 3. The first kappa shape index (κ1) is 15.7. The molecule has 1 aromatic heterocycles. The van der Waals surface area contributed by atoms with E-state index in [1.807, 2.05) is 17.6 Å². The smallest absolute Gasteiger partial charge is 0.170 e. The second kappa shape index (κ2) is 5.93. The monoisotopic (exact) mass is 353 g/mol. The summed E-state index contributed by atoms with van der Waals surface area (Å²) in [6, 6.07) is 11.8. The maximum atomic E-state index is 14.4. The van der Waals surface area contributed by atoms with E-state index in [2.05, 4.69) is 9.98 Å². The maximum Gasteiger partial charge on any atom is 0.170 e. The Labute approximate surface area is 148 Å². The fourth-order valence-corrected chi connectivity index (χ4v) is 3.35. The molecule has 0 aliphatic carbocycles. The molecule has 25 heavy (non-hydrogen) atoms. The number of hydrogen-bond donors (Lipinski definition) is 0. The summed E-state index contributed by atoms with van der Waals surface area (Å²) < 4.78 is 16.3. The molecule has 1 aliphatic heterocycles. The van der Waals surface area contributed by atoms with Gasteiger partial charge in [0.05, 0.1) is 23.6 Å². The average molecular weight is 354 g/mol. The summed E-state index contributed by atoms with van der Waals surface area (Å²) in [5.41, 5.74) is 3.41. The Morgan fingerprint density at radius 2 is 2.00 bits per heavy atom. The van der Waals surface area contributed by atoms with Crippen LogP contribution in [0, 0.1) is 12.7 Å². The van der Waals surface area contributed by atoms with Gasteiger partial charge in [-0.05, 0) is 37.3 Å². The van der Waals surface area contributed by atoms with E-state index in [-0.39, 0.29) is 12.4 Å². The molecule has 6 heteroatoms. The molecule has 2 heterocycles. The summed E-state index contributed by atoms with van der Waals surface area (Å²) in [4.78, 5) is 20.3. The number of fused-ring (bicyclic) bond motifs is 3. The molecule has 3 aromatic rings. The Kier molecular flexibility index (Phi) is 3.73. The number of aryl methyl sites for hydroxylation is 1. The van der Waals surface area contributed by atoms with Gasteiger partial charge in [0.1, 0.15) is 17.3 Å². The van der Waals surface area contributed by atoms with Crippen LogP contribution in [0.25, 0.3) is 5.69 Å². The molecule has 0 amide bonds. The van der Waals surface area contributed by atoms with Crippen molar-refractivity contribution in [2.45, 2.75) is 13.5 Å². The van der Waals surface area contributed by atoms with E-state index < -0.39 is 0 Å². The standard InChI is InChI=1S/C19H13ClFN3O/c1-11-23-16(10-25)18-9-22-19(13-4-2-3-5-15(13)21)14-8-12(20)6-7-17(14)24(11)18/h2-8,10H,9H2,1H3. The molecule has 0 N–H and O–H groups in total. The third-order valence-corrected chi connectivity index (χ3v) is 4.49. The van der Waals surface area contributed by atoms with Gasteiger partial charge in [-0.15, -0.1) is 0 Å².